The summed E-state index contributed by atoms with van der Waals surface area (Å²) < 4.78 is 0. The zero-order chi connectivity index (χ0) is 19.8. The SMILES string of the molecule is CC(C=C1N=C(c2ccccc2)SC1=O)C1CC(=O)c2c(O)ccc(Cl)c2S1. The fourth-order valence-corrected chi connectivity index (χ4v) is 5.62. The average molecular weight is 430 g/mol. The van der Waals surface area contributed by atoms with E-state index in [0.717, 1.165) is 17.3 Å². The minimum absolute atomic E-state index is 0.0409. The van der Waals surface area contributed by atoms with E-state index in [1.807, 2.05) is 43.3 Å². The van der Waals surface area contributed by atoms with E-state index in [1.165, 1.54) is 17.8 Å². The minimum atomic E-state index is -0.135. The van der Waals surface area contributed by atoms with Crippen LogP contribution in [0.5, 0.6) is 5.75 Å². The van der Waals surface area contributed by atoms with Gasteiger partial charge in [0.25, 0.3) is 0 Å². The smallest absolute Gasteiger partial charge is 0.243 e. The molecule has 7 heteroatoms. The Morgan fingerprint density at radius 2 is 1.96 bits per heavy atom. The van der Waals surface area contributed by atoms with Gasteiger partial charge in [0.1, 0.15) is 16.5 Å². The molecular weight excluding hydrogens is 414 g/mol. The number of fused-ring (bicyclic) bond motifs is 1. The molecule has 4 rings (SSSR count). The van der Waals surface area contributed by atoms with E-state index in [0.29, 0.717) is 26.2 Å². The van der Waals surface area contributed by atoms with Crippen LogP contribution in [0.2, 0.25) is 5.02 Å². The van der Waals surface area contributed by atoms with E-state index < -0.39 is 0 Å². The fraction of sp³-hybridized carbons (Fsp3) is 0.190. The van der Waals surface area contributed by atoms with Crippen LogP contribution in [0.15, 0.2) is 64.1 Å². The summed E-state index contributed by atoms with van der Waals surface area (Å²) in [6.45, 7) is 1.97. The molecule has 0 aliphatic carbocycles. The maximum Gasteiger partial charge on any atom is 0.243 e. The number of hydrogen-bond donors (Lipinski definition) is 1. The second-order valence-electron chi connectivity index (χ2n) is 6.64. The van der Waals surface area contributed by atoms with E-state index in [9.17, 15) is 14.7 Å². The highest BCUT2D eigenvalue weighted by molar-refractivity contribution is 8.27. The molecule has 2 aliphatic heterocycles. The van der Waals surface area contributed by atoms with Crippen LogP contribution >= 0.6 is 35.1 Å². The summed E-state index contributed by atoms with van der Waals surface area (Å²) in [7, 11) is 0. The normalized spacial score (nSPS) is 21.6. The Morgan fingerprint density at radius 1 is 1.21 bits per heavy atom. The van der Waals surface area contributed by atoms with Crippen molar-refractivity contribution < 1.29 is 14.7 Å². The van der Waals surface area contributed by atoms with Crippen LogP contribution in [-0.2, 0) is 4.79 Å². The van der Waals surface area contributed by atoms with E-state index in [-0.39, 0.29) is 34.2 Å². The van der Waals surface area contributed by atoms with E-state index in [4.69, 9.17) is 11.6 Å². The van der Waals surface area contributed by atoms with E-state index >= 15 is 0 Å². The number of ketones is 1. The highest BCUT2D eigenvalue weighted by atomic mass is 35.5. The molecule has 4 nitrogen and oxygen atoms in total. The Bertz CT molecular complexity index is 1030. The second-order valence-corrected chi connectivity index (χ2v) is 9.26. The van der Waals surface area contributed by atoms with Crippen LogP contribution in [0.4, 0.5) is 0 Å². The number of phenolic OH excluding ortho intramolecular Hbond substituents is 1. The van der Waals surface area contributed by atoms with Gasteiger partial charge in [-0.25, -0.2) is 4.99 Å². The standard InChI is InChI=1S/C21H16ClNO3S2/c1-11(9-14-21(26)28-20(23-14)12-5-3-2-4-6-12)17-10-16(25)18-15(24)8-7-13(22)19(18)27-17/h2-9,11,17,24H,10H2,1H3. The van der Waals surface area contributed by atoms with Gasteiger partial charge in [-0.3, -0.25) is 9.59 Å². The predicted molar refractivity (Wildman–Crippen MR) is 115 cm³/mol. The number of phenols is 1. The Morgan fingerprint density at radius 3 is 2.71 bits per heavy atom. The van der Waals surface area contributed by atoms with Crippen LogP contribution in [0.25, 0.3) is 0 Å². The van der Waals surface area contributed by atoms with Gasteiger partial charge in [-0.2, -0.15) is 0 Å². The van der Waals surface area contributed by atoms with Crippen molar-refractivity contribution in [1.82, 2.24) is 0 Å². The van der Waals surface area contributed by atoms with Crippen molar-refractivity contribution in [1.29, 1.82) is 0 Å². The lowest BCUT2D eigenvalue weighted by Gasteiger charge is -2.27. The highest BCUT2D eigenvalue weighted by Crippen LogP contribution is 2.46. The van der Waals surface area contributed by atoms with Crippen molar-refractivity contribution in [2.24, 2.45) is 10.9 Å². The van der Waals surface area contributed by atoms with Gasteiger partial charge in [0.15, 0.2) is 5.78 Å². The number of aromatic hydroxyl groups is 1. The first-order valence-electron chi connectivity index (χ1n) is 8.73. The third kappa shape index (κ3) is 3.64. The number of hydrogen-bond acceptors (Lipinski definition) is 6. The first-order valence-corrected chi connectivity index (χ1v) is 10.8. The molecule has 0 saturated heterocycles. The first-order chi connectivity index (χ1) is 13.4. The quantitative estimate of drug-likeness (QED) is 0.667. The largest absolute Gasteiger partial charge is 0.507 e. The molecule has 28 heavy (non-hydrogen) atoms. The molecular formula is C21H16ClNO3S2. The average Bonchev–Trinajstić information content (AvgIpc) is 3.05. The van der Waals surface area contributed by atoms with Gasteiger partial charge in [0, 0.05) is 22.1 Å². The van der Waals surface area contributed by atoms with E-state index in [1.54, 1.807) is 6.07 Å². The third-order valence-corrected chi connectivity index (χ3v) is 7.57. The molecule has 0 radical (unpaired) electrons. The highest BCUT2D eigenvalue weighted by Gasteiger charge is 2.33. The van der Waals surface area contributed by atoms with Crippen LogP contribution < -0.4 is 0 Å². The molecule has 2 heterocycles. The zero-order valence-corrected chi connectivity index (χ0v) is 17.3. The molecule has 2 unspecified atom stereocenters. The summed E-state index contributed by atoms with van der Waals surface area (Å²) in [4.78, 5) is 30.1. The summed E-state index contributed by atoms with van der Waals surface area (Å²) in [6.07, 6.45) is 2.10. The van der Waals surface area contributed by atoms with Crippen molar-refractivity contribution in [3.8, 4) is 5.75 Å². The summed E-state index contributed by atoms with van der Waals surface area (Å²) in [5.74, 6) is -0.246. The number of benzene rings is 2. The summed E-state index contributed by atoms with van der Waals surface area (Å²) in [6, 6.07) is 12.6. The fourth-order valence-electron chi connectivity index (χ4n) is 3.19. The summed E-state index contributed by atoms with van der Waals surface area (Å²) >= 11 is 8.84. The van der Waals surface area contributed by atoms with Gasteiger partial charge in [0.2, 0.25) is 5.12 Å². The van der Waals surface area contributed by atoms with Crippen LogP contribution in [0, 0.1) is 5.92 Å². The van der Waals surface area contributed by atoms with E-state index in [2.05, 4.69) is 4.99 Å². The van der Waals surface area contributed by atoms with Crippen molar-refractivity contribution >= 4 is 51.1 Å². The lowest BCUT2D eigenvalue weighted by atomic mass is 9.97. The van der Waals surface area contributed by atoms with Crippen LogP contribution in [-0.4, -0.2) is 26.3 Å². The number of halogens is 1. The number of thioether (sulfide) groups is 2. The summed E-state index contributed by atoms with van der Waals surface area (Å²) in [5.41, 5.74) is 1.62. The topological polar surface area (TPSA) is 66.7 Å². The Labute approximate surface area is 176 Å². The van der Waals surface area contributed by atoms with Crippen LogP contribution in [0.3, 0.4) is 0 Å². The number of nitrogens with zero attached hydrogens (tertiary/aromatic N) is 1. The molecule has 2 aromatic carbocycles. The van der Waals surface area contributed by atoms with Crippen LogP contribution in [0.1, 0.15) is 29.3 Å². The first kappa shape index (κ1) is 19.3. The molecule has 0 amide bonds. The molecule has 0 aromatic heterocycles. The predicted octanol–water partition coefficient (Wildman–Crippen LogP) is 5.33. The minimum Gasteiger partial charge on any atom is -0.507 e. The van der Waals surface area contributed by atoms with Crippen molar-refractivity contribution in [2.45, 2.75) is 23.5 Å². The Kier molecular flexibility index (Phi) is 5.36. The number of Topliss-reactive ketones (excluding diaryl/α,β-unsaturated/α-hetero) is 1. The maximum atomic E-state index is 12.6. The molecule has 2 atom stereocenters. The molecule has 1 N–H and O–H groups in total. The van der Waals surface area contributed by atoms with Gasteiger partial charge in [-0.1, -0.05) is 54.9 Å². The number of carbonyl (C=O) groups is 2. The monoisotopic (exact) mass is 429 g/mol. The molecule has 0 saturated carbocycles. The second kappa shape index (κ2) is 7.78. The molecule has 142 valence electrons. The van der Waals surface area contributed by atoms with Crippen molar-refractivity contribution in [3.05, 3.63) is 70.4 Å². The van der Waals surface area contributed by atoms with Crippen molar-refractivity contribution in [2.75, 3.05) is 0 Å². The van der Waals surface area contributed by atoms with Gasteiger partial charge >= 0.3 is 0 Å². The number of aliphatic imine (C=N–C) groups is 1. The number of carbonyl (C=O) groups excluding carboxylic acids is 2. The third-order valence-electron chi connectivity index (χ3n) is 4.67. The summed E-state index contributed by atoms with van der Waals surface area (Å²) in [5, 5.41) is 11.0. The Hall–Kier alpha value is -2.02. The lowest BCUT2D eigenvalue weighted by Crippen LogP contribution is -2.23. The zero-order valence-electron chi connectivity index (χ0n) is 14.9. The maximum absolute atomic E-state index is 12.6. The number of rotatable bonds is 3. The van der Waals surface area contributed by atoms with Gasteiger partial charge in [0.05, 0.1) is 10.6 Å². The van der Waals surface area contributed by atoms with Gasteiger partial charge in [-0.05, 0) is 29.8 Å². The molecule has 0 fully saturated rings. The molecule has 0 bridgehead atoms. The lowest BCUT2D eigenvalue weighted by molar-refractivity contribution is -0.107. The Balaban J connectivity index is 1.59. The number of allylic oxidation sites excluding steroid dienone is 1. The van der Waals surface area contributed by atoms with Gasteiger partial charge in [-0.15, -0.1) is 11.8 Å². The molecule has 0 spiro atoms. The van der Waals surface area contributed by atoms with Gasteiger partial charge < -0.3 is 5.11 Å². The molecule has 2 aliphatic rings. The molecule has 2 aromatic rings. The van der Waals surface area contributed by atoms with Crippen molar-refractivity contribution in [3.63, 3.8) is 0 Å².